The first kappa shape index (κ1) is 26.8. The number of hydrogen-bond acceptors (Lipinski definition) is 6. The van der Waals surface area contributed by atoms with Crippen LogP contribution in [0.1, 0.15) is 38.5 Å². The van der Waals surface area contributed by atoms with Gasteiger partial charge in [-0.2, -0.15) is 13.2 Å². The number of carbonyl (C=O) groups excluding carboxylic acids is 2. The average molecular weight is 550 g/mol. The highest BCUT2D eigenvalue weighted by atomic mass is 32.2. The highest BCUT2D eigenvalue weighted by Crippen LogP contribution is 2.52. The maximum absolute atomic E-state index is 13.8. The summed E-state index contributed by atoms with van der Waals surface area (Å²) in [6.07, 6.45) is -1.53. The molecule has 3 N–H and O–H groups in total. The number of amides is 1. The van der Waals surface area contributed by atoms with Crippen LogP contribution in [0.5, 0.6) is 0 Å². The van der Waals surface area contributed by atoms with Crippen molar-refractivity contribution in [3.05, 3.63) is 77.2 Å². The number of aliphatic carboxylic acids is 1. The molecule has 5 rings (SSSR count). The van der Waals surface area contributed by atoms with Gasteiger partial charge in [0.2, 0.25) is 5.78 Å². The molecule has 7 nitrogen and oxygen atoms in total. The molecule has 0 radical (unpaired) electrons. The van der Waals surface area contributed by atoms with E-state index >= 15 is 0 Å². The van der Waals surface area contributed by atoms with Crippen molar-refractivity contribution < 1.29 is 32.7 Å². The minimum absolute atomic E-state index is 0.0271. The van der Waals surface area contributed by atoms with Gasteiger partial charge in [0.25, 0.3) is 5.91 Å². The Morgan fingerprint density at radius 3 is 2.35 bits per heavy atom. The van der Waals surface area contributed by atoms with Crippen LogP contribution in [0.15, 0.2) is 54.7 Å². The van der Waals surface area contributed by atoms with Crippen molar-refractivity contribution in [2.75, 3.05) is 18.1 Å². The smallest absolute Gasteiger partial charge is 0.475 e. The van der Waals surface area contributed by atoms with Crippen LogP contribution in [-0.4, -0.2) is 57.0 Å². The van der Waals surface area contributed by atoms with E-state index in [0.29, 0.717) is 17.8 Å². The molecular weight excluding hydrogens is 527 g/mol. The van der Waals surface area contributed by atoms with E-state index in [1.165, 1.54) is 0 Å². The zero-order chi connectivity index (χ0) is 26.6. The standard InChI is InChI=1S/C23H21N3O2S2.C2HF3O2/c27-21(23(29-11-4-12-30-23)16-5-2-1-3-6-16)20-13-15(7-9-24-20)19-14-17-18(26-19)8-10-25-22(17)28;3-2(4,5)1(6)7/h1-3,5-7,9,13-14,26H,4,8,10-12H2,(H,25,28);(H,6,7). The Kier molecular flexibility index (Phi) is 7.98. The molecule has 1 fully saturated rings. The summed E-state index contributed by atoms with van der Waals surface area (Å²) in [7, 11) is 0. The predicted octanol–water partition coefficient (Wildman–Crippen LogP) is 4.90. The molecule has 0 aliphatic carbocycles. The Balaban J connectivity index is 0.000000405. The van der Waals surface area contributed by atoms with E-state index in [0.717, 1.165) is 46.9 Å². The number of halogens is 3. The monoisotopic (exact) mass is 549 g/mol. The van der Waals surface area contributed by atoms with Crippen LogP contribution in [0.4, 0.5) is 13.2 Å². The molecule has 3 aromatic rings. The average Bonchev–Trinajstić information content (AvgIpc) is 3.35. The van der Waals surface area contributed by atoms with Gasteiger partial charge in [0.05, 0.1) is 5.56 Å². The van der Waals surface area contributed by atoms with E-state index in [1.807, 2.05) is 48.5 Å². The summed E-state index contributed by atoms with van der Waals surface area (Å²) in [4.78, 5) is 42.6. The maximum atomic E-state index is 13.8. The van der Waals surface area contributed by atoms with Crippen molar-refractivity contribution in [3.63, 3.8) is 0 Å². The Morgan fingerprint density at radius 1 is 1.05 bits per heavy atom. The summed E-state index contributed by atoms with van der Waals surface area (Å²) >= 11 is 3.41. The largest absolute Gasteiger partial charge is 0.490 e. The number of nitrogens with one attached hydrogen (secondary N) is 2. The van der Waals surface area contributed by atoms with Gasteiger partial charge < -0.3 is 15.4 Å². The first-order valence-electron chi connectivity index (χ1n) is 11.3. The third-order valence-corrected chi connectivity index (χ3v) is 9.05. The van der Waals surface area contributed by atoms with Crippen LogP contribution >= 0.6 is 23.5 Å². The van der Waals surface area contributed by atoms with Gasteiger partial charge in [0, 0.05) is 36.1 Å². The second-order valence-corrected chi connectivity index (χ2v) is 11.1. The molecule has 0 saturated carbocycles. The van der Waals surface area contributed by atoms with Crippen LogP contribution < -0.4 is 5.32 Å². The van der Waals surface area contributed by atoms with E-state index in [2.05, 4.69) is 15.3 Å². The minimum atomic E-state index is -5.08. The van der Waals surface area contributed by atoms with Crippen LogP contribution in [0, 0.1) is 0 Å². The van der Waals surface area contributed by atoms with Gasteiger partial charge in [0.15, 0.2) is 4.08 Å². The first-order chi connectivity index (χ1) is 17.6. The van der Waals surface area contributed by atoms with E-state index in [9.17, 15) is 22.8 Å². The van der Waals surface area contributed by atoms with Crippen molar-refractivity contribution in [2.24, 2.45) is 0 Å². The Bertz CT molecular complexity index is 1310. The normalized spacial score (nSPS) is 16.6. The lowest BCUT2D eigenvalue weighted by molar-refractivity contribution is -0.192. The van der Waals surface area contributed by atoms with E-state index in [1.54, 1.807) is 29.7 Å². The number of nitrogens with zero attached hydrogens (tertiary/aromatic N) is 1. The molecule has 12 heteroatoms. The number of pyridine rings is 1. The summed E-state index contributed by atoms with van der Waals surface area (Å²) in [6, 6.07) is 15.6. The third-order valence-electron chi connectivity index (χ3n) is 5.70. The van der Waals surface area contributed by atoms with Gasteiger partial charge in [-0.05, 0) is 41.7 Å². The van der Waals surface area contributed by atoms with Gasteiger partial charge in [-0.15, -0.1) is 23.5 Å². The number of fused-ring (bicyclic) bond motifs is 1. The first-order valence-corrected chi connectivity index (χ1v) is 13.2. The summed E-state index contributed by atoms with van der Waals surface area (Å²) in [5.74, 6) is -0.883. The second kappa shape index (κ2) is 11.0. The Hall–Kier alpha value is -3.25. The molecule has 1 aromatic carbocycles. The van der Waals surface area contributed by atoms with Crippen LogP contribution in [0.3, 0.4) is 0 Å². The number of ketones is 1. The maximum Gasteiger partial charge on any atom is 0.490 e. The fourth-order valence-corrected chi connectivity index (χ4v) is 7.20. The summed E-state index contributed by atoms with van der Waals surface area (Å²) in [5, 5.41) is 9.99. The Labute approximate surface area is 218 Å². The van der Waals surface area contributed by atoms with Crippen molar-refractivity contribution in [2.45, 2.75) is 23.1 Å². The molecule has 2 aliphatic heterocycles. The number of benzene rings is 1. The third kappa shape index (κ3) is 5.85. The molecule has 1 amide bonds. The van der Waals surface area contributed by atoms with Crippen LogP contribution in [0.2, 0.25) is 0 Å². The van der Waals surface area contributed by atoms with Gasteiger partial charge in [-0.1, -0.05) is 30.3 Å². The zero-order valence-corrected chi connectivity index (χ0v) is 20.9. The van der Waals surface area contributed by atoms with E-state index in [-0.39, 0.29) is 11.7 Å². The highest BCUT2D eigenvalue weighted by molar-refractivity contribution is 8.19. The number of carbonyl (C=O) groups is 3. The molecule has 37 heavy (non-hydrogen) atoms. The fraction of sp³-hybridized carbons (Fsp3) is 0.280. The van der Waals surface area contributed by atoms with Crippen LogP contribution in [0.25, 0.3) is 11.3 Å². The number of carboxylic acids is 1. The highest BCUT2D eigenvalue weighted by Gasteiger charge is 2.44. The quantitative estimate of drug-likeness (QED) is 0.397. The van der Waals surface area contributed by atoms with Crippen molar-refractivity contribution in [1.29, 1.82) is 0 Å². The number of Topliss-reactive ketones (excluding diaryl/α,β-unsaturated/α-hetero) is 1. The molecular formula is C25H22F3N3O4S2. The lowest BCUT2D eigenvalue weighted by atomic mass is 10.0. The van der Waals surface area contributed by atoms with Gasteiger partial charge in [-0.25, -0.2) is 4.79 Å². The summed E-state index contributed by atoms with van der Waals surface area (Å²) in [6.45, 7) is 0.639. The van der Waals surface area contributed by atoms with E-state index in [4.69, 9.17) is 9.90 Å². The van der Waals surface area contributed by atoms with Crippen molar-refractivity contribution in [1.82, 2.24) is 15.3 Å². The summed E-state index contributed by atoms with van der Waals surface area (Å²) in [5.41, 5.74) is 4.80. The van der Waals surface area contributed by atoms with Gasteiger partial charge in [-0.3, -0.25) is 14.6 Å². The number of hydrogen-bond donors (Lipinski definition) is 3. The topological polar surface area (TPSA) is 112 Å². The molecule has 194 valence electrons. The number of H-pyrrole nitrogens is 1. The molecule has 2 aromatic heterocycles. The van der Waals surface area contributed by atoms with Gasteiger partial charge in [0.1, 0.15) is 5.69 Å². The summed E-state index contributed by atoms with van der Waals surface area (Å²) < 4.78 is 31.1. The number of rotatable bonds is 4. The molecule has 0 unspecified atom stereocenters. The molecule has 0 bridgehead atoms. The second-order valence-electron chi connectivity index (χ2n) is 8.18. The number of aromatic amines is 1. The molecule has 1 saturated heterocycles. The van der Waals surface area contributed by atoms with E-state index < -0.39 is 16.2 Å². The molecule has 4 heterocycles. The fourth-order valence-electron chi connectivity index (χ4n) is 3.96. The zero-order valence-electron chi connectivity index (χ0n) is 19.3. The number of carboxylic acid groups (broad SMARTS) is 1. The SMILES string of the molecule is O=C(O)C(F)(F)F.O=C1NCCc2[nH]c(-c3ccnc(C(=O)C4(c5ccccc5)SCCCS4)c3)cc21. The molecule has 0 spiro atoms. The lowest BCUT2D eigenvalue weighted by Crippen LogP contribution is -2.33. The van der Waals surface area contributed by atoms with Crippen molar-refractivity contribution in [3.8, 4) is 11.3 Å². The number of thioether (sulfide) groups is 2. The lowest BCUT2D eigenvalue weighted by Gasteiger charge is -2.34. The minimum Gasteiger partial charge on any atom is -0.475 e. The Morgan fingerprint density at radius 2 is 1.73 bits per heavy atom. The molecule has 0 atom stereocenters. The predicted molar refractivity (Wildman–Crippen MR) is 136 cm³/mol. The van der Waals surface area contributed by atoms with Gasteiger partial charge >= 0.3 is 12.1 Å². The van der Waals surface area contributed by atoms with Crippen molar-refractivity contribution >= 4 is 41.2 Å². The van der Waals surface area contributed by atoms with Crippen LogP contribution in [-0.2, 0) is 15.3 Å². The number of alkyl halides is 3. The molecule has 2 aliphatic rings. The number of aromatic nitrogens is 2.